The number of aliphatic carboxylic acids is 1. The Morgan fingerprint density at radius 3 is 2.25 bits per heavy atom. The Balaban J connectivity index is 1.72. The maximum Gasteiger partial charge on any atom is 0.306 e. The molecule has 0 aromatic heterocycles. The normalized spacial score (nSPS) is 33.8. The monoisotopic (exact) mass is 283 g/mol. The average Bonchev–Trinajstić information content (AvgIpc) is 2.39. The summed E-state index contributed by atoms with van der Waals surface area (Å²) in [6.45, 7) is 3.91. The van der Waals surface area contributed by atoms with Crippen LogP contribution in [-0.2, 0) is 4.79 Å². The van der Waals surface area contributed by atoms with E-state index in [0.717, 1.165) is 6.54 Å². The first-order valence-electron chi connectivity index (χ1n) is 8.08. The molecule has 0 aliphatic heterocycles. The lowest BCUT2D eigenvalue weighted by Crippen LogP contribution is -2.47. The summed E-state index contributed by atoms with van der Waals surface area (Å²) < 4.78 is 0. The molecule has 20 heavy (non-hydrogen) atoms. The summed E-state index contributed by atoms with van der Waals surface area (Å²) in [5.74, 6) is -0.971. The number of aliphatic hydroxyl groups is 1. The molecule has 2 aliphatic rings. The quantitative estimate of drug-likeness (QED) is 0.725. The van der Waals surface area contributed by atoms with Crippen LogP contribution in [0.15, 0.2) is 0 Å². The number of carboxylic acid groups (broad SMARTS) is 1. The van der Waals surface area contributed by atoms with Gasteiger partial charge in [-0.25, -0.2) is 0 Å². The van der Waals surface area contributed by atoms with Gasteiger partial charge in [0, 0.05) is 13.1 Å². The minimum absolute atomic E-state index is 0.258. The van der Waals surface area contributed by atoms with E-state index >= 15 is 0 Å². The van der Waals surface area contributed by atoms with E-state index in [1.807, 2.05) is 0 Å². The van der Waals surface area contributed by atoms with Crippen molar-refractivity contribution in [2.45, 2.75) is 70.3 Å². The topological polar surface area (TPSA) is 69.6 Å². The first kappa shape index (κ1) is 15.8. The lowest BCUT2D eigenvalue weighted by molar-refractivity contribution is -0.144. The second-order valence-corrected chi connectivity index (χ2v) is 7.31. The molecule has 0 radical (unpaired) electrons. The molecule has 2 saturated carbocycles. The third kappa shape index (κ3) is 4.19. The molecule has 0 bridgehead atoms. The molecule has 0 amide bonds. The van der Waals surface area contributed by atoms with Gasteiger partial charge in [0.2, 0.25) is 0 Å². The highest BCUT2D eigenvalue weighted by atomic mass is 16.4. The smallest absolute Gasteiger partial charge is 0.306 e. The summed E-state index contributed by atoms with van der Waals surface area (Å²) in [5.41, 5.74) is -0.316. The van der Waals surface area contributed by atoms with Crippen molar-refractivity contribution in [3.8, 4) is 0 Å². The molecule has 0 aromatic carbocycles. The van der Waals surface area contributed by atoms with Gasteiger partial charge in [0.05, 0.1) is 11.5 Å². The van der Waals surface area contributed by atoms with Crippen LogP contribution >= 0.6 is 0 Å². The molecule has 0 saturated heterocycles. The summed E-state index contributed by atoms with van der Waals surface area (Å²) in [5, 5.41) is 23.0. The second kappa shape index (κ2) is 6.44. The van der Waals surface area contributed by atoms with Crippen LogP contribution in [0, 0.1) is 11.3 Å². The Kier molecular flexibility index (Phi) is 5.08. The fraction of sp³-hybridized carbons (Fsp3) is 0.938. The highest BCUT2D eigenvalue weighted by molar-refractivity contribution is 5.70. The minimum atomic E-state index is -0.713. The zero-order valence-electron chi connectivity index (χ0n) is 12.7. The maximum atomic E-state index is 10.9. The Morgan fingerprint density at radius 2 is 1.70 bits per heavy atom. The van der Waals surface area contributed by atoms with Crippen LogP contribution in [0.5, 0.6) is 0 Å². The number of hydrogen-bond donors (Lipinski definition) is 3. The molecule has 0 atom stereocenters. The summed E-state index contributed by atoms with van der Waals surface area (Å²) in [7, 11) is 0. The SMILES string of the molecule is CC1(CNCC2(O)CCC(C(=O)O)CC2)CCCCC1. The van der Waals surface area contributed by atoms with E-state index in [1.165, 1.54) is 32.1 Å². The van der Waals surface area contributed by atoms with Crippen LogP contribution in [0.2, 0.25) is 0 Å². The van der Waals surface area contributed by atoms with Gasteiger partial charge < -0.3 is 15.5 Å². The number of hydrogen-bond acceptors (Lipinski definition) is 3. The first-order valence-corrected chi connectivity index (χ1v) is 8.08. The largest absolute Gasteiger partial charge is 0.481 e. The lowest BCUT2D eigenvalue weighted by atomic mass is 9.75. The Morgan fingerprint density at radius 1 is 1.10 bits per heavy atom. The van der Waals surface area contributed by atoms with Crippen molar-refractivity contribution in [1.82, 2.24) is 5.32 Å². The Hall–Kier alpha value is -0.610. The fourth-order valence-corrected chi connectivity index (χ4v) is 3.76. The zero-order valence-corrected chi connectivity index (χ0v) is 12.7. The van der Waals surface area contributed by atoms with Crippen LogP contribution < -0.4 is 5.32 Å². The standard InChI is InChI=1S/C16H29NO3/c1-15(7-3-2-4-8-15)11-17-12-16(20)9-5-13(6-10-16)14(18)19/h13,17,20H,2-12H2,1H3,(H,18,19). The van der Waals surface area contributed by atoms with Crippen molar-refractivity contribution in [2.24, 2.45) is 11.3 Å². The molecule has 4 nitrogen and oxygen atoms in total. The molecule has 0 unspecified atom stereocenters. The van der Waals surface area contributed by atoms with Gasteiger partial charge in [-0.1, -0.05) is 26.2 Å². The Bertz CT molecular complexity index is 329. The van der Waals surface area contributed by atoms with Crippen LogP contribution in [-0.4, -0.2) is 34.9 Å². The second-order valence-electron chi connectivity index (χ2n) is 7.31. The van der Waals surface area contributed by atoms with Gasteiger partial charge in [0.25, 0.3) is 0 Å². The highest BCUT2D eigenvalue weighted by Gasteiger charge is 2.36. The van der Waals surface area contributed by atoms with Crippen molar-refractivity contribution in [1.29, 1.82) is 0 Å². The maximum absolute atomic E-state index is 10.9. The third-order valence-corrected chi connectivity index (χ3v) is 5.33. The van der Waals surface area contributed by atoms with E-state index in [2.05, 4.69) is 12.2 Å². The van der Waals surface area contributed by atoms with Gasteiger partial charge in [-0.2, -0.15) is 0 Å². The first-order chi connectivity index (χ1) is 9.43. The number of carboxylic acids is 1. The van der Waals surface area contributed by atoms with Crippen LogP contribution in [0.1, 0.15) is 64.7 Å². The number of carbonyl (C=O) groups is 1. The molecule has 2 rings (SSSR count). The summed E-state index contributed by atoms with van der Waals surface area (Å²) in [4.78, 5) is 10.9. The van der Waals surface area contributed by atoms with Crippen LogP contribution in [0.4, 0.5) is 0 Å². The average molecular weight is 283 g/mol. The number of nitrogens with one attached hydrogen (secondary N) is 1. The van der Waals surface area contributed by atoms with Crippen LogP contribution in [0.25, 0.3) is 0 Å². The Labute approximate surface area is 122 Å². The van der Waals surface area contributed by atoms with Crippen LogP contribution in [0.3, 0.4) is 0 Å². The predicted octanol–water partition coefficient (Wildman–Crippen LogP) is 2.55. The van der Waals surface area contributed by atoms with Crippen molar-refractivity contribution in [3.05, 3.63) is 0 Å². The molecule has 0 aromatic rings. The molecule has 2 fully saturated rings. The van der Waals surface area contributed by atoms with E-state index in [9.17, 15) is 9.90 Å². The van der Waals surface area contributed by atoms with Gasteiger partial charge in [0.15, 0.2) is 0 Å². The van der Waals surface area contributed by atoms with Crippen molar-refractivity contribution in [3.63, 3.8) is 0 Å². The predicted molar refractivity (Wildman–Crippen MR) is 78.6 cm³/mol. The molecule has 0 spiro atoms. The molecule has 3 N–H and O–H groups in total. The molecule has 0 heterocycles. The highest BCUT2D eigenvalue weighted by Crippen LogP contribution is 2.36. The molecule has 4 heteroatoms. The van der Waals surface area contributed by atoms with Gasteiger partial charge in [-0.05, 0) is 43.9 Å². The van der Waals surface area contributed by atoms with Gasteiger partial charge in [-0.15, -0.1) is 0 Å². The summed E-state index contributed by atoms with van der Waals surface area (Å²) in [6.07, 6.45) is 8.97. The molecule has 116 valence electrons. The van der Waals surface area contributed by atoms with E-state index < -0.39 is 11.6 Å². The molecule has 2 aliphatic carbocycles. The fourth-order valence-electron chi connectivity index (χ4n) is 3.76. The van der Waals surface area contributed by atoms with Gasteiger partial charge in [-0.3, -0.25) is 4.79 Å². The lowest BCUT2D eigenvalue weighted by Gasteiger charge is -2.38. The van der Waals surface area contributed by atoms with Crippen molar-refractivity contribution >= 4 is 5.97 Å². The molecular weight excluding hydrogens is 254 g/mol. The van der Waals surface area contributed by atoms with Crippen molar-refractivity contribution in [2.75, 3.05) is 13.1 Å². The number of rotatable bonds is 5. The van der Waals surface area contributed by atoms with Crippen molar-refractivity contribution < 1.29 is 15.0 Å². The molecular formula is C16H29NO3. The van der Waals surface area contributed by atoms with E-state index in [0.29, 0.717) is 37.6 Å². The van der Waals surface area contributed by atoms with E-state index in [-0.39, 0.29) is 5.92 Å². The summed E-state index contributed by atoms with van der Waals surface area (Å²) >= 11 is 0. The van der Waals surface area contributed by atoms with E-state index in [1.54, 1.807) is 0 Å². The zero-order chi connectivity index (χ0) is 14.6. The third-order valence-electron chi connectivity index (χ3n) is 5.33. The minimum Gasteiger partial charge on any atom is -0.481 e. The van der Waals surface area contributed by atoms with E-state index in [4.69, 9.17) is 5.11 Å². The van der Waals surface area contributed by atoms with Gasteiger partial charge in [0.1, 0.15) is 0 Å². The summed E-state index contributed by atoms with van der Waals surface area (Å²) in [6, 6.07) is 0. The van der Waals surface area contributed by atoms with Gasteiger partial charge >= 0.3 is 5.97 Å².